The first-order valence-corrected chi connectivity index (χ1v) is 3.92. The maximum atomic E-state index is 10.0. The molecule has 0 aliphatic carbocycles. The summed E-state index contributed by atoms with van der Waals surface area (Å²) in [6.45, 7) is 1.98. The molecule has 0 aliphatic heterocycles. The van der Waals surface area contributed by atoms with Gasteiger partial charge < -0.3 is 0 Å². The van der Waals surface area contributed by atoms with Gasteiger partial charge in [-0.2, -0.15) is 4.99 Å². The van der Waals surface area contributed by atoms with Crippen molar-refractivity contribution >= 4 is 6.08 Å². The quantitative estimate of drug-likeness (QED) is 0.492. The highest BCUT2D eigenvalue weighted by atomic mass is 16.1. The van der Waals surface area contributed by atoms with Crippen LogP contribution in [0.1, 0.15) is 24.9 Å². The van der Waals surface area contributed by atoms with Crippen molar-refractivity contribution in [1.29, 1.82) is 0 Å². The molecule has 2 heteroatoms. The van der Waals surface area contributed by atoms with Crippen molar-refractivity contribution in [3.63, 3.8) is 0 Å². The molecule has 1 aromatic rings. The Labute approximate surface area is 71.9 Å². The lowest BCUT2D eigenvalue weighted by Crippen LogP contribution is -1.92. The fraction of sp³-hybridized carbons (Fsp3) is 0.300. The fourth-order valence-electron chi connectivity index (χ4n) is 1.06. The van der Waals surface area contributed by atoms with Crippen molar-refractivity contribution in [1.82, 2.24) is 0 Å². The van der Waals surface area contributed by atoms with Crippen LogP contribution in [0.2, 0.25) is 0 Å². The second-order valence-corrected chi connectivity index (χ2v) is 2.46. The molecular formula is C10H10NO. The lowest BCUT2D eigenvalue weighted by molar-refractivity contribution is 0.556. The summed E-state index contributed by atoms with van der Waals surface area (Å²) in [5.74, 6) is 0. The third-order valence-electron chi connectivity index (χ3n) is 1.69. The van der Waals surface area contributed by atoms with Crippen molar-refractivity contribution in [3.8, 4) is 0 Å². The van der Waals surface area contributed by atoms with Crippen LogP contribution in [-0.4, -0.2) is 6.08 Å². The highest BCUT2D eigenvalue weighted by Gasteiger charge is 2.05. The van der Waals surface area contributed by atoms with Crippen LogP contribution in [0.25, 0.3) is 0 Å². The van der Waals surface area contributed by atoms with E-state index in [0.29, 0.717) is 0 Å². The Bertz CT molecular complexity index is 275. The molecule has 1 atom stereocenters. The van der Waals surface area contributed by atoms with Gasteiger partial charge in [-0.05, 0) is 18.1 Å². The summed E-state index contributed by atoms with van der Waals surface area (Å²) in [4.78, 5) is 13.7. The lowest BCUT2D eigenvalue weighted by Gasteiger charge is -2.05. The molecule has 1 aromatic carbocycles. The molecule has 0 amide bonds. The Morgan fingerprint density at radius 1 is 1.67 bits per heavy atom. The van der Waals surface area contributed by atoms with E-state index >= 15 is 0 Å². The predicted molar refractivity (Wildman–Crippen MR) is 46.4 cm³/mol. The highest BCUT2D eigenvalue weighted by molar-refractivity contribution is 5.35. The van der Waals surface area contributed by atoms with Gasteiger partial charge in [0.05, 0.1) is 6.04 Å². The van der Waals surface area contributed by atoms with Crippen LogP contribution < -0.4 is 0 Å². The molecule has 0 aliphatic rings. The average molecular weight is 160 g/mol. The van der Waals surface area contributed by atoms with E-state index in [1.807, 2.05) is 31.2 Å². The molecule has 0 saturated heterocycles. The van der Waals surface area contributed by atoms with Gasteiger partial charge in [0.15, 0.2) is 0 Å². The normalized spacial score (nSPS) is 11.8. The van der Waals surface area contributed by atoms with Crippen LogP contribution >= 0.6 is 0 Å². The van der Waals surface area contributed by atoms with Gasteiger partial charge in [-0.1, -0.05) is 31.2 Å². The first-order valence-electron chi connectivity index (χ1n) is 3.92. The largest absolute Gasteiger partial charge is 0.235 e. The van der Waals surface area contributed by atoms with Gasteiger partial charge in [-0.25, -0.2) is 4.79 Å². The van der Waals surface area contributed by atoms with E-state index < -0.39 is 0 Å². The zero-order valence-electron chi connectivity index (χ0n) is 6.95. The highest BCUT2D eigenvalue weighted by Crippen LogP contribution is 2.18. The maximum Gasteiger partial charge on any atom is 0.235 e. The number of hydrogen-bond donors (Lipinski definition) is 0. The lowest BCUT2D eigenvalue weighted by atomic mass is 10.1. The Kier molecular flexibility index (Phi) is 3.24. The smallest absolute Gasteiger partial charge is 0.211 e. The number of isocyanates is 1. The Morgan fingerprint density at radius 3 is 3.00 bits per heavy atom. The van der Waals surface area contributed by atoms with Crippen LogP contribution in [0.15, 0.2) is 29.3 Å². The number of rotatable bonds is 3. The molecule has 1 unspecified atom stereocenters. The summed E-state index contributed by atoms with van der Waals surface area (Å²) in [6.07, 6.45) is 2.37. The minimum Gasteiger partial charge on any atom is -0.211 e. The minimum absolute atomic E-state index is 0.0799. The molecule has 12 heavy (non-hydrogen) atoms. The van der Waals surface area contributed by atoms with Gasteiger partial charge in [0, 0.05) is 0 Å². The van der Waals surface area contributed by atoms with E-state index in [9.17, 15) is 4.79 Å². The van der Waals surface area contributed by atoms with Gasteiger partial charge >= 0.3 is 0 Å². The zero-order valence-corrected chi connectivity index (χ0v) is 6.95. The second kappa shape index (κ2) is 4.47. The first kappa shape index (κ1) is 8.69. The number of hydrogen-bond acceptors (Lipinski definition) is 2. The standard InChI is InChI=1S/C10H10NO/c1-2-10(11-8-12)9-6-4-3-5-7-9/h3-6,10H,2H2,1H3. The molecule has 0 saturated carbocycles. The van der Waals surface area contributed by atoms with Crippen molar-refractivity contribution in [2.24, 2.45) is 4.99 Å². The van der Waals surface area contributed by atoms with Crippen LogP contribution in [0.4, 0.5) is 0 Å². The minimum atomic E-state index is -0.0799. The van der Waals surface area contributed by atoms with E-state index in [1.54, 1.807) is 6.08 Å². The van der Waals surface area contributed by atoms with E-state index in [0.717, 1.165) is 12.0 Å². The van der Waals surface area contributed by atoms with Crippen molar-refractivity contribution in [2.75, 3.05) is 0 Å². The molecule has 2 nitrogen and oxygen atoms in total. The molecule has 61 valence electrons. The average Bonchev–Trinajstić information content (AvgIpc) is 2.15. The van der Waals surface area contributed by atoms with Crippen molar-refractivity contribution in [3.05, 3.63) is 35.9 Å². The van der Waals surface area contributed by atoms with Crippen molar-refractivity contribution < 1.29 is 4.79 Å². The SMILES string of the molecule is CCC(N=C=O)c1[c]cccc1. The summed E-state index contributed by atoms with van der Waals surface area (Å²) in [5, 5.41) is 0. The van der Waals surface area contributed by atoms with E-state index in [2.05, 4.69) is 11.1 Å². The van der Waals surface area contributed by atoms with Gasteiger partial charge in [0.2, 0.25) is 6.08 Å². The molecule has 0 spiro atoms. The molecule has 0 aromatic heterocycles. The van der Waals surface area contributed by atoms with E-state index in [4.69, 9.17) is 0 Å². The molecular weight excluding hydrogens is 150 g/mol. The number of nitrogens with zero attached hydrogens (tertiary/aromatic N) is 1. The number of benzene rings is 1. The maximum absolute atomic E-state index is 10.0. The molecule has 0 bridgehead atoms. The van der Waals surface area contributed by atoms with Crippen molar-refractivity contribution in [2.45, 2.75) is 19.4 Å². The predicted octanol–water partition coefficient (Wildman–Crippen LogP) is 2.27. The number of aliphatic imine (C=N–C) groups is 1. The van der Waals surface area contributed by atoms with E-state index in [1.165, 1.54) is 0 Å². The van der Waals surface area contributed by atoms with Gasteiger partial charge in [-0.3, -0.25) is 0 Å². The Morgan fingerprint density at radius 2 is 2.50 bits per heavy atom. The third-order valence-corrected chi connectivity index (χ3v) is 1.69. The molecule has 0 N–H and O–H groups in total. The summed E-state index contributed by atoms with van der Waals surface area (Å²) >= 11 is 0. The summed E-state index contributed by atoms with van der Waals surface area (Å²) in [7, 11) is 0. The fourth-order valence-corrected chi connectivity index (χ4v) is 1.06. The Balaban J connectivity index is 2.87. The van der Waals surface area contributed by atoms with Crippen LogP contribution in [0.3, 0.4) is 0 Å². The third kappa shape index (κ3) is 2.04. The summed E-state index contributed by atoms with van der Waals surface area (Å²) in [5.41, 5.74) is 0.948. The topological polar surface area (TPSA) is 29.4 Å². The molecule has 1 rings (SSSR count). The van der Waals surface area contributed by atoms with Crippen LogP contribution in [0, 0.1) is 6.07 Å². The van der Waals surface area contributed by atoms with Gasteiger partial charge in [-0.15, -0.1) is 0 Å². The van der Waals surface area contributed by atoms with E-state index in [-0.39, 0.29) is 6.04 Å². The summed E-state index contributed by atoms with van der Waals surface area (Å²) in [6, 6.07) is 10.5. The molecule has 0 fully saturated rings. The van der Waals surface area contributed by atoms with Gasteiger partial charge in [0.25, 0.3) is 0 Å². The Hall–Kier alpha value is -1.40. The second-order valence-electron chi connectivity index (χ2n) is 2.46. The monoisotopic (exact) mass is 160 g/mol. The van der Waals surface area contributed by atoms with Gasteiger partial charge in [0.1, 0.15) is 0 Å². The molecule has 1 radical (unpaired) electrons. The van der Waals surface area contributed by atoms with Crippen LogP contribution in [0.5, 0.6) is 0 Å². The summed E-state index contributed by atoms with van der Waals surface area (Å²) < 4.78 is 0. The molecule has 0 heterocycles. The zero-order chi connectivity index (χ0) is 8.81. The first-order chi connectivity index (χ1) is 5.88. The number of carbonyl (C=O) groups excluding carboxylic acids is 1. The van der Waals surface area contributed by atoms with Crippen LogP contribution in [-0.2, 0) is 4.79 Å².